The van der Waals surface area contributed by atoms with Gasteiger partial charge in [0.25, 0.3) is 11.2 Å². The first-order valence-corrected chi connectivity index (χ1v) is 6.81. The van der Waals surface area contributed by atoms with Crippen molar-refractivity contribution in [3.05, 3.63) is 56.8 Å². The highest BCUT2D eigenvalue weighted by atomic mass is 16.6. The summed E-state index contributed by atoms with van der Waals surface area (Å²) in [6.45, 7) is 1.36. The van der Waals surface area contributed by atoms with Crippen molar-refractivity contribution in [2.75, 3.05) is 5.32 Å². The number of amides is 1. The zero-order chi connectivity index (χ0) is 17.3. The minimum absolute atomic E-state index is 0.0665. The van der Waals surface area contributed by atoms with Crippen LogP contribution < -0.4 is 10.9 Å². The summed E-state index contributed by atoms with van der Waals surface area (Å²) in [7, 11) is 0. The second-order valence-electron chi connectivity index (χ2n) is 5.01. The van der Waals surface area contributed by atoms with Gasteiger partial charge in [-0.25, -0.2) is 4.98 Å². The number of nitro benzene ring substituents is 1. The van der Waals surface area contributed by atoms with Crippen LogP contribution in [0.3, 0.4) is 0 Å². The number of benzene rings is 1. The van der Waals surface area contributed by atoms with Crippen LogP contribution in [-0.2, 0) is 11.3 Å². The molecule has 0 aliphatic rings. The first-order valence-electron chi connectivity index (χ1n) is 6.81. The number of carbonyl (C=O) groups is 1. The number of non-ortho nitro benzene ring substituents is 1. The van der Waals surface area contributed by atoms with E-state index in [0.29, 0.717) is 11.3 Å². The molecule has 0 unspecified atom stereocenters. The van der Waals surface area contributed by atoms with Crippen LogP contribution in [-0.4, -0.2) is 25.5 Å². The molecule has 0 bridgehead atoms. The summed E-state index contributed by atoms with van der Waals surface area (Å²) in [6, 6.07) is 5.32. The maximum atomic E-state index is 12.4. The van der Waals surface area contributed by atoms with Crippen LogP contribution in [0.2, 0.25) is 0 Å². The highest BCUT2D eigenvalue weighted by Crippen LogP contribution is 2.16. The van der Waals surface area contributed by atoms with E-state index >= 15 is 0 Å². The number of rotatable bonds is 4. The van der Waals surface area contributed by atoms with E-state index in [0.717, 1.165) is 10.6 Å². The fraction of sp³-hybridized carbons (Fsp3) is 0.143. The summed E-state index contributed by atoms with van der Waals surface area (Å²) in [6.07, 6.45) is 1.21. The van der Waals surface area contributed by atoms with Crippen LogP contribution in [0.5, 0.6) is 0 Å². The number of carbonyl (C=O) groups excluding carboxylic acids is 1. The molecule has 10 heteroatoms. The van der Waals surface area contributed by atoms with E-state index in [9.17, 15) is 19.7 Å². The normalized spacial score (nSPS) is 10.7. The predicted molar refractivity (Wildman–Crippen MR) is 82.5 cm³/mol. The number of hydrogen-bond donors (Lipinski definition) is 1. The van der Waals surface area contributed by atoms with Gasteiger partial charge in [0.05, 0.1) is 22.2 Å². The second kappa shape index (κ2) is 5.91. The summed E-state index contributed by atoms with van der Waals surface area (Å²) in [4.78, 5) is 38.6. The molecule has 0 atom stereocenters. The lowest BCUT2D eigenvalue weighted by molar-refractivity contribution is -0.384. The Morgan fingerprint density at radius 1 is 1.42 bits per heavy atom. The van der Waals surface area contributed by atoms with Gasteiger partial charge in [0.15, 0.2) is 5.82 Å². The molecule has 3 aromatic rings. The monoisotopic (exact) mass is 329 g/mol. The van der Waals surface area contributed by atoms with Crippen molar-refractivity contribution in [1.82, 2.24) is 14.7 Å². The third kappa shape index (κ3) is 2.97. The van der Waals surface area contributed by atoms with Crippen molar-refractivity contribution < 1.29 is 14.2 Å². The highest BCUT2D eigenvalue weighted by Gasteiger charge is 2.13. The van der Waals surface area contributed by atoms with Crippen LogP contribution in [0, 0.1) is 17.0 Å². The number of nitro groups is 1. The van der Waals surface area contributed by atoms with E-state index in [1.165, 1.54) is 24.5 Å². The lowest BCUT2D eigenvalue weighted by atomic mass is 10.2. The van der Waals surface area contributed by atoms with Gasteiger partial charge in [-0.15, -0.1) is 0 Å². The number of nitrogens with zero attached hydrogens (tertiary/aromatic N) is 4. The van der Waals surface area contributed by atoms with Gasteiger partial charge in [-0.05, 0) is 13.0 Å². The van der Waals surface area contributed by atoms with Crippen molar-refractivity contribution in [1.29, 1.82) is 0 Å². The Balaban J connectivity index is 1.89. The zero-order valence-electron chi connectivity index (χ0n) is 12.4. The average Bonchev–Trinajstić information content (AvgIpc) is 2.94. The Hall–Kier alpha value is -3.56. The molecule has 0 saturated carbocycles. The summed E-state index contributed by atoms with van der Waals surface area (Å²) in [5, 5.41) is 17.0. The maximum Gasteiger partial charge on any atom is 0.270 e. The Kier molecular flexibility index (Phi) is 3.78. The number of anilines is 1. The molecular formula is C14H11N5O5. The molecule has 0 radical (unpaired) electrons. The van der Waals surface area contributed by atoms with Gasteiger partial charge in [-0.2, -0.15) is 0 Å². The van der Waals surface area contributed by atoms with E-state index in [-0.39, 0.29) is 23.4 Å². The van der Waals surface area contributed by atoms with E-state index in [1.807, 2.05) is 0 Å². The third-order valence-corrected chi connectivity index (χ3v) is 3.23. The molecule has 1 amide bonds. The summed E-state index contributed by atoms with van der Waals surface area (Å²) in [5.74, 6) is 0.258. The van der Waals surface area contributed by atoms with E-state index < -0.39 is 16.4 Å². The number of aromatic nitrogens is 3. The van der Waals surface area contributed by atoms with Gasteiger partial charge in [0.1, 0.15) is 12.3 Å². The number of hydrogen-bond acceptors (Lipinski definition) is 7. The number of nitrogens with one attached hydrogen (secondary N) is 1. The second-order valence-corrected chi connectivity index (χ2v) is 5.01. The summed E-state index contributed by atoms with van der Waals surface area (Å²) >= 11 is 0. The van der Waals surface area contributed by atoms with Crippen molar-refractivity contribution in [2.45, 2.75) is 13.5 Å². The van der Waals surface area contributed by atoms with Crippen LogP contribution in [0.1, 0.15) is 5.76 Å². The van der Waals surface area contributed by atoms with Crippen molar-refractivity contribution in [3.8, 4) is 0 Å². The zero-order valence-corrected chi connectivity index (χ0v) is 12.4. The van der Waals surface area contributed by atoms with Crippen molar-refractivity contribution in [2.24, 2.45) is 0 Å². The molecule has 24 heavy (non-hydrogen) atoms. The smallest absolute Gasteiger partial charge is 0.270 e. The van der Waals surface area contributed by atoms with E-state index in [4.69, 9.17) is 4.52 Å². The van der Waals surface area contributed by atoms with Crippen LogP contribution in [0.25, 0.3) is 10.9 Å². The van der Waals surface area contributed by atoms with Crippen molar-refractivity contribution in [3.63, 3.8) is 0 Å². The van der Waals surface area contributed by atoms with Crippen LogP contribution in [0.4, 0.5) is 11.5 Å². The first-order chi connectivity index (χ1) is 11.4. The Morgan fingerprint density at radius 3 is 2.88 bits per heavy atom. The number of aryl methyl sites for hydroxylation is 1. The molecule has 1 N–H and O–H groups in total. The van der Waals surface area contributed by atoms with E-state index in [1.54, 1.807) is 6.92 Å². The van der Waals surface area contributed by atoms with Crippen LogP contribution >= 0.6 is 0 Å². The molecule has 0 saturated heterocycles. The molecule has 2 heterocycles. The minimum atomic E-state index is -0.601. The van der Waals surface area contributed by atoms with Gasteiger partial charge in [-0.1, -0.05) is 5.16 Å². The topological polar surface area (TPSA) is 133 Å². The van der Waals surface area contributed by atoms with Gasteiger partial charge in [0, 0.05) is 18.2 Å². The van der Waals surface area contributed by atoms with Gasteiger partial charge in [-0.3, -0.25) is 24.3 Å². The van der Waals surface area contributed by atoms with Gasteiger partial charge < -0.3 is 9.84 Å². The lowest BCUT2D eigenvalue weighted by Gasteiger charge is -2.06. The predicted octanol–water partition coefficient (Wildman–Crippen LogP) is 1.24. The quantitative estimate of drug-likeness (QED) is 0.562. The Bertz CT molecular complexity index is 1010. The Labute approximate surface area is 133 Å². The Morgan fingerprint density at radius 2 is 2.21 bits per heavy atom. The molecule has 0 fully saturated rings. The summed E-state index contributed by atoms with van der Waals surface area (Å²) < 4.78 is 5.89. The average molecular weight is 329 g/mol. The fourth-order valence-electron chi connectivity index (χ4n) is 2.14. The number of fused-ring (bicyclic) bond motifs is 1. The van der Waals surface area contributed by atoms with Gasteiger partial charge >= 0.3 is 0 Å². The standard InChI is InChI=1S/C14H11N5O5/c1-8-4-12(17-24-8)16-13(20)6-18-7-15-11-3-2-9(19(22)23)5-10(11)14(18)21/h2-5,7H,6H2,1H3,(H,16,17,20). The lowest BCUT2D eigenvalue weighted by Crippen LogP contribution is -2.28. The molecule has 0 aliphatic carbocycles. The molecule has 3 rings (SSSR count). The minimum Gasteiger partial charge on any atom is -0.360 e. The van der Waals surface area contributed by atoms with Crippen molar-refractivity contribution >= 4 is 28.3 Å². The molecule has 122 valence electrons. The third-order valence-electron chi connectivity index (χ3n) is 3.23. The highest BCUT2D eigenvalue weighted by molar-refractivity contribution is 5.89. The molecule has 0 spiro atoms. The molecule has 1 aromatic carbocycles. The molecular weight excluding hydrogens is 318 g/mol. The molecule has 0 aliphatic heterocycles. The first kappa shape index (κ1) is 15.3. The van der Waals surface area contributed by atoms with Crippen LogP contribution in [0.15, 0.2) is 39.9 Å². The summed E-state index contributed by atoms with van der Waals surface area (Å²) in [5.41, 5.74) is -0.453. The largest absolute Gasteiger partial charge is 0.360 e. The van der Waals surface area contributed by atoms with E-state index in [2.05, 4.69) is 15.5 Å². The fourth-order valence-corrected chi connectivity index (χ4v) is 2.14. The molecule has 10 nitrogen and oxygen atoms in total. The SMILES string of the molecule is Cc1cc(NC(=O)Cn2cnc3ccc([N+](=O)[O-])cc3c2=O)no1. The molecule has 2 aromatic heterocycles. The van der Waals surface area contributed by atoms with Gasteiger partial charge in [0.2, 0.25) is 5.91 Å². The maximum absolute atomic E-state index is 12.4.